The van der Waals surface area contributed by atoms with Crippen LogP contribution in [-0.2, 0) is 14.8 Å². The second-order valence-corrected chi connectivity index (χ2v) is 6.57. The molecule has 0 aliphatic carbocycles. The highest BCUT2D eigenvalue weighted by Gasteiger charge is 2.29. The quantitative estimate of drug-likeness (QED) is 0.733. The van der Waals surface area contributed by atoms with Crippen LogP contribution in [0.15, 0.2) is 0 Å². The highest BCUT2D eigenvalue weighted by atomic mass is 79.9. The molecule has 0 saturated carbocycles. The second kappa shape index (κ2) is 4.59. The minimum atomic E-state index is -3.17. The van der Waals surface area contributed by atoms with Crippen molar-refractivity contribution in [3.05, 3.63) is 0 Å². The van der Waals surface area contributed by atoms with Crippen LogP contribution >= 0.6 is 15.9 Å². The third-order valence-corrected chi connectivity index (χ3v) is 5.55. The van der Waals surface area contributed by atoms with E-state index in [9.17, 15) is 13.2 Å². The van der Waals surface area contributed by atoms with Gasteiger partial charge < -0.3 is 5.73 Å². The number of amides is 1. The molecule has 0 spiro atoms. The maximum atomic E-state index is 11.4. The average molecular weight is 285 g/mol. The van der Waals surface area contributed by atoms with E-state index in [0.29, 0.717) is 25.9 Å². The summed E-state index contributed by atoms with van der Waals surface area (Å²) in [7, 11) is -3.17. The molecule has 1 fully saturated rings. The van der Waals surface area contributed by atoms with Gasteiger partial charge in [0.15, 0.2) is 0 Å². The van der Waals surface area contributed by atoms with Crippen LogP contribution in [0, 0.1) is 5.92 Å². The lowest BCUT2D eigenvalue weighted by molar-refractivity contribution is -0.122. The van der Waals surface area contributed by atoms with E-state index in [4.69, 9.17) is 5.73 Å². The molecule has 2 N–H and O–H groups in total. The number of alkyl halides is 1. The van der Waals surface area contributed by atoms with Crippen molar-refractivity contribution < 1.29 is 13.2 Å². The fourth-order valence-corrected chi connectivity index (χ4v) is 3.26. The second-order valence-electron chi connectivity index (χ2n) is 3.30. The number of sulfonamides is 1. The van der Waals surface area contributed by atoms with Crippen molar-refractivity contribution in [1.29, 1.82) is 0 Å². The van der Waals surface area contributed by atoms with Crippen molar-refractivity contribution in [2.24, 2.45) is 11.7 Å². The maximum Gasteiger partial charge on any atom is 0.224 e. The van der Waals surface area contributed by atoms with E-state index in [1.807, 2.05) is 0 Å². The Labute approximate surface area is 91.8 Å². The SMILES string of the molecule is NC(=O)C1CCN(S(=O)(=O)CBr)CC1. The summed E-state index contributed by atoms with van der Waals surface area (Å²) in [5.74, 6) is -0.502. The number of rotatable bonds is 3. The van der Waals surface area contributed by atoms with E-state index in [1.165, 1.54) is 4.31 Å². The molecule has 14 heavy (non-hydrogen) atoms. The van der Waals surface area contributed by atoms with Gasteiger partial charge in [-0.25, -0.2) is 12.7 Å². The van der Waals surface area contributed by atoms with Gasteiger partial charge >= 0.3 is 0 Å². The Balaban J connectivity index is 2.56. The number of carbonyl (C=O) groups excluding carboxylic acids is 1. The van der Waals surface area contributed by atoms with Crippen LogP contribution in [0.5, 0.6) is 0 Å². The molecule has 1 heterocycles. The van der Waals surface area contributed by atoms with Gasteiger partial charge in [0.1, 0.15) is 4.66 Å². The van der Waals surface area contributed by atoms with Crippen molar-refractivity contribution in [2.45, 2.75) is 12.8 Å². The molecule has 1 aliphatic heterocycles. The fourth-order valence-electron chi connectivity index (χ4n) is 1.49. The van der Waals surface area contributed by atoms with Crippen LogP contribution in [0.1, 0.15) is 12.8 Å². The normalized spacial score (nSPS) is 20.9. The standard InChI is InChI=1S/C7H13BrN2O3S/c8-5-14(12,13)10-3-1-6(2-4-10)7(9)11/h6H,1-5H2,(H2,9,11). The summed E-state index contributed by atoms with van der Waals surface area (Å²) in [4.78, 5) is 10.8. The Hall–Kier alpha value is -0.140. The van der Waals surface area contributed by atoms with Gasteiger partial charge in [-0.05, 0) is 12.8 Å². The zero-order valence-electron chi connectivity index (χ0n) is 7.65. The van der Waals surface area contributed by atoms with Crippen molar-refractivity contribution in [3.63, 3.8) is 0 Å². The number of hydrogen-bond donors (Lipinski definition) is 1. The lowest BCUT2D eigenvalue weighted by atomic mass is 9.98. The Kier molecular flexibility index (Phi) is 3.91. The van der Waals surface area contributed by atoms with Crippen LogP contribution < -0.4 is 5.73 Å². The number of nitrogens with two attached hydrogens (primary N) is 1. The number of hydrogen-bond acceptors (Lipinski definition) is 3. The average Bonchev–Trinajstić information content (AvgIpc) is 2.18. The first-order valence-corrected chi connectivity index (χ1v) is 7.03. The summed E-state index contributed by atoms with van der Waals surface area (Å²) in [6.45, 7) is 0.781. The number of halogens is 1. The molecule has 0 aromatic heterocycles. The lowest BCUT2D eigenvalue weighted by Crippen LogP contribution is -2.41. The Morgan fingerprint density at radius 2 is 1.93 bits per heavy atom. The van der Waals surface area contributed by atoms with Crippen LogP contribution in [0.4, 0.5) is 0 Å². The summed E-state index contributed by atoms with van der Waals surface area (Å²) in [6, 6.07) is 0. The molecule has 0 aromatic rings. The molecular weight excluding hydrogens is 272 g/mol. The molecular formula is C7H13BrN2O3S. The summed E-state index contributed by atoms with van der Waals surface area (Å²) in [5.41, 5.74) is 5.14. The van der Waals surface area contributed by atoms with Gasteiger partial charge in [-0.2, -0.15) is 0 Å². The van der Waals surface area contributed by atoms with Gasteiger partial charge in [-0.1, -0.05) is 15.9 Å². The zero-order valence-corrected chi connectivity index (χ0v) is 10.1. The maximum absolute atomic E-state index is 11.4. The zero-order chi connectivity index (χ0) is 10.8. The molecule has 1 saturated heterocycles. The van der Waals surface area contributed by atoms with Gasteiger partial charge in [0.2, 0.25) is 15.9 Å². The lowest BCUT2D eigenvalue weighted by Gasteiger charge is -2.28. The minimum absolute atomic E-state index is 0.0682. The van der Waals surface area contributed by atoms with Crippen LogP contribution in [-0.4, -0.2) is 36.4 Å². The monoisotopic (exact) mass is 284 g/mol. The van der Waals surface area contributed by atoms with E-state index in [-0.39, 0.29) is 16.5 Å². The van der Waals surface area contributed by atoms with E-state index in [1.54, 1.807) is 0 Å². The summed E-state index contributed by atoms with van der Waals surface area (Å²) >= 11 is 2.93. The molecule has 0 bridgehead atoms. The molecule has 82 valence electrons. The largest absolute Gasteiger partial charge is 0.369 e. The molecule has 1 aliphatic rings. The summed E-state index contributed by atoms with van der Waals surface area (Å²) < 4.78 is 24.1. The first-order chi connectivity index (χ1) is 6.47. The van der Waals surface area contributed by atoms with E-state index < -0.39 is 10.0 Å². The van der Waals surface area contributed by atoms with E-state index >= 15 is 0 Å². The van der Waals surface area contributed by atoms with E-state index in [2.05, 4.69) is 15.9 Å². The summed E-state index contributed by atoms with van der Waals surface area (Å²) in [5, 5.41) is 0. The predicted octanol–water partition coefficient (Wildman–Crippen LogP) is -0.134. The van der Waals surface area contributed by atoms with E-state index in [0.717, 1.165) is 0 Å². The highest BCUT2D eigenvalue weighted by Crippen LogP contribution is 2.19. The Bertz CT molecular complexity index is 309. The third kappa shape index (κ3) is 2.68. The van der Waals surface area contributed by atoms with Crippen LogP contribution in [0.2, 0.25) is 0 Å². The Morgan fingerprint density at radius 3 is 2.29 bits per heavy atom. The molecule has 1 rings (SSSR count). The van der Waals surface area contributed by atoms with Gasteiger partial charge in [-0.15, -0.1) is 0 Å². The van der Waals surface area contributed by atoms with Gasteiger partial charge in [0.25, 0.3) is 0 Å². The number of primary amides is 1. The fraction of sp³-hybridized carbons (Fsp3) is 0.857. The molecule has 0 atom stereocenters. The molecule has 0 unspecified atom stereocenters. The van der Waals surface area contributed by atoms with Crippen LogP contribution in [0.3, 0.4) is 0 Å². The first kappa shape index (κ1) is 11.9. The highest BCUT2D eigenvalue weighted by molar-refractivity contribution is 9.10. The third-order valence-electron chi connectivity index (χ3n) is 2.39. The van der Waals surface area contributed by atoms with Crippen molar-refractivity contribution in [1.82, 2.24) is 4.31 Å². The van der Waals surface area contributed by atoms with Crippen molar-refractivity contribution in [3.8, 4) is 0 Å². The summed E-state index contributed by atoms with van der Waals surface area (Å²) in [6.07, 6.45) is 1.06. The molecule has 7 heteroatoms. The van der Waals surface area contributed by atoms with Crippen LogP contribution in [0.25, 0.3) is 0 Å². The number of piperidine rings is 1. The topological polar surface area (TPSA) is 80.5 Å². The number of carbonyl (C=O) groups is 1. The number of nitrogens with zero attached hydrogens (tertiary/aromatic N) is 1. The van der Waals surface area contributed by atoms with Gasteiger partial charge in [0.05, 0.1) is 0 Å². The molecule has 0 radical (unpaired) electrons. The van der Waals surface area contributed by atoms with Crippen molar-refractivity contribution >= 4 is 31.9 Å². The van der Waals surface area contributed by atoms with Crippen molar-refractivity contribution in [2.75, 3.05) is 17.8 Å². The molecule has 1 amide bonds. The molecule has 0 aromatic carbocycles. The predicted molar refractivity (Wildman–Crippen MR) is 56.2 cm³/mol. The smallest absolute Gasteiger partial charge is 0.224 e. The van der Waals surface area contributed by atoms with Gasteiger partial charge in [0, 0.05) is 19.0 Å². The Morgan fingerprint density at radius 1 is 1.43 bits per heavy atom. The first-order valence-electron chi connectivity index (χ1n) is 4.30. The molecule has 5 nitrogen and oxygen atoms in total. The minimum Gasteiger partial charge on any atom is -0.369 e. The van der Waals surface area contributed by atoms with Gasteiger partial charge in [-0.3, -0.25) is 4.79 Å².